The van der Waals surface area contributed by atoms with Crippen LogP contribution in [0.15, 0.2) is 77.7 Å². The number of halogens is 1. The minimum atomic E-state index is -4.08. The van der Waals surface area contributed by atoms with Crippen LogP contribution < -0.4 is 9.62 Å². The second kappa shape index (κ2) is 10.4. The molecule has 0 fully saturated rings. The second-order valence-corrected chi connectivity index (χ2v) is 10.4. The van der Waals surface area contributed by atoms with E-state index in [9.17, 15) is 17.6 Å². The minimum absolute atomic E-state index is 0.0766. The summed E-state index contributed by atoms with van der Waals surface area (Å²) in [4.78, 5) is 13.0. The Kier molecular flexibility index (Phi) is 7.32. The highest BCUT2D eigenvalue weighted by Gasteiger charge is 2.28. The lowest BCUT2D eigenvalue weighted by Crippen LogP contribution is -2.42. The number of carbonyl (C=O) groups is 1. The van der Waals surface area contributed by atoms with E-state index in [-0.39, 0.29) is 17.5 Å². The second-order valence-electron chi connectivity index (χ2n) is 8.56. The number of hydrogen-bond acceptors (Lipinski definition) is 3. The topological polar surface area (TPSA) is 66.5 Å². The van der Waals surface area contributed by atoms with Gasteiger partial charge in [-0.05, 0) is 85.2 Å². The predicted molar refractivity (Wildman–Crippen MR) is 132 cm³/mol. The number of amides is 1. The third kappa shape index (κ3) is 5.30. The van der Waals surface area contributed by atoms with Crippen LogP contribution in [0, 0.1) is 5.82 Å². The maximum Gasteiger partial charge on any atom is 0.264 e. The Labute approximate surface area is 200 Å². The quantitative estimate of drug-likeness (QED) is 0.484. The Morgan fingerprint density at radius 3 is 2.32 bits per heavy atom. The molecule has 1 amide bonds. The molecule has 0 saturated heterocycles. The molecule has 5 nitrogen and oxygen atoms in total. The summed E-state index contributed by atoms with van der Waals surface area (Å²) >= 11 is 0. The monoisotopic (exact) mass is 480 g/mol. The first kappa shape index (κ1) is 24.0. The van der Waals surface area contributed by atoms with E-state index in [1.165, 1.54) is 36.1 Å². The number of anilines is 1. The third-order valence-electron chi connectivity index (χ3n) is 6.25. The molecule has 1 N–H and O–H groups in total. The zero-order chi connectivity index (χ0) is 24.1. The lowest BCUT2D eigenvalue weighted by atomic mass is 9.89. The number of carbonyl (C=O) groups excluding carboxylic acids is 1. The van der Waals surface area contributed by atoms with Gasteiger partial charge in [0, 0.05) is 0 Å². The Morgan fingerprint density at radius 2 is 1.65 bits per heavy atom. The van der Waals surface area contributed by atoms with Gasteiger partial charge in [-0.2, -0.15) is 0 Å². The molecule has 1 aliphatic carbocycles. The highest BCUT2D eigenvalue weighted by molar-refractivity contribution is 7.92. The lowest BCUT2D eigenvalue weighted by molar-refractivity contribution is -0.120. The van der Waals surface area contributed by atoms with Gasteiger partial charge in [-0.25, -0.2) is 12.8 Å². The van der Waals surface area contributed by atoms with Crippen molar-refractivity contribution < 1.29 is 17.6 Å². The van der Waals surface area contributed by atoms with E-state index in [1.54, 1.807) is 30.3 Å². The van der Waals surface area contributed by atoms with Crippen LogP contribution in [-0.2, 0) is 27.7 Å². The number of hydrogen-bond donors (Lipinski definition) is 1. The van der Waals surface area contributed by atoms with Crippen molar-refractivity contribution >= 4 is 21.6 Å². The number of fused-ring (bicyclic) bond motifs is 1. The van der Waals surface area contributed by atoms with Gasteiger partial charge >= 0.3 is 0 Å². The van der Waals surface area contributed by atoms with Gasteiger partial charge in [0.25, 0.3) is 10.0 Å². The van der Waals surface area contributed by atoms with E-state index in [0.717, 1.165) is 34.8 Å². The van der Waals surface area contributed by atoms with Gasteiger partial charge in [0.15, 0.2) is 0 Å². The number of benzene rings is 3. The number of nitrogens with one attached hydrogen (secondary N) is 1. The van der Waals surface area contributed by atoms with E-state index in [1.807, 2.05) is 6.92 Å². The van der Waals surface area contributed by atoms with Crippen molar-refractivity contribution in [3.63, 3.8) is 0 Å². The third-order valence-corrected chi connectivity index (χ3v) is 8.04. The molecular weight excluding hydrogens is 451 g/mol. The summed E-state index contributed by atoms with van der Waals surface area (Å²) in [5.74, 6) is -0.932. The number of rotatable bonds is 8. The van der Waals surface area contributed by atoms with E-state index in [0.29, 0.717) is 12.1 Å². The molecular formula is C27H29FN2O3S. The first-order valence-corrected chi connectivity index (χ1v) is 13.1. The van der Waals surface area contributed by atoms with Gasteiger partial charge in [0.05, 0.1) is 16.6 Å². The van der Waals surface area contributed by atoms with Gasteiger partial charge in [0.1, 0.15) is 12.4 Å². The van der Waals surface area contributed by atoms with Gasteiger partial charge in [-0.1, -0.05) is 43.3 Å². The predicted octanol–water partition coefficient (Wildman–Crippen LogP) is 5.17. The van der Waals surface area contributed by atoms with Gasteiger partial charge in [-0.15, -0.1) is 0 Å². The van der Waals surface area contributed by atoms with Crippen LogP contribution in [0.1, 0.15) is 48.9 Å². The van der Waals surface area contributed by atoms with Crippen molar-refractivity contribution in [3.8, 4) is 0 Å². The SMILES string of the molecule is CC[C@H](NC(=O)CN(c1ccccc1)S(=O)(=O)c1ccc(F)cc1)c1ccc2c(c1)CCCC2. The highest BCUT2D eigenvalue weighted by Crippen LogP contribution is 2.27. The fourth-order valence-electron chi connectivity index (χ4n) is 4.40. The standard InChI is InChI=1S/C27H29FN2O3S/c1-2-26(22-13-12-20-8-6-7-9-21(20)18-22)29-27(31)19-30(24-10-4-3-5-11-24)34(32,33)25-16-14-23(28)15-17-25/h3-5,10-18,26H,2,6-9,19H2,1H3,(H,29,31)/t26-/m0/s1. The molecule has 3 aromatic carbocycles. The number of sulfonamides is 1. The molecule has 0 radical (unpaired) electrons. The molecule has 0 aromatic heterocycles. The molecule has 0 spiro atoms. The summed E-state index contributed by atoms with van der Waals surface area (Å²) in [6.07, 6.45) is 5.20. The Morgan fingerprint density at radius 1 is 0.971 bits per heavy atom. The van der Waals surface area contributed by atoms with E-state index in [2.05, 4.69) is 23.5 Å². The highest BCUT2D eigenvalue weighted by atomic mass is 32.2. The molecule has 178 valence electrons. The first-order valence-electron chi connectivity index (χ1n) is 11.6. The number of nitrogens with zero attached hydrogens (tertiary/aromatic N) is 1. The van der Waals surface area contributed by atoms with Crippen LogP contribution in [0.2, 0.25) is 0 Å². The van der Waals surface area contributed by atoms with E-state index >= 15 is 0 Å². The van der Waals surface area contributed by atoms with Crippen molar-refractivity contribution in [2.45, 2.75) is 50.0 Å². The Bertz CT molecular complexity index is 1240. The maximum absolute atomic E-state index is 13.4. The normalized spacial score (nSPS) is 14.2. The minimum Gasteiger partial charge on any atom is -0.348 e. The molecule has 0 unspecified atom stereocenters. The number of aryl methyl sites for hydroxylation is 2. The summed E-state index contributed by atoms with van der Waals surface area (Å²) in [6.45, 7) is 1.61. The lowest BCUT2D eigenvalue weighted by Gasteiger charge is -2.26. The Hall–Kier alpha value is -3.19. The van der Waals surface area contributed by atoms with Crippen molar-refractivity contribution in [1.82, 2.24) is 5.32 Å². The van der Waals surface area contributed by atoms with Gasteiger partial charge in [0.2, 0.25) is 5.91 Å². The van der Waals surface area contributed by atoms with Crippen molar-refractivity contribution in [3.05, 3.63) is 95.3 Å². The largest absolute Gasteiger partial charge is 0.348 e. The van der Waals surface area contributed by atoms with E-state index < -0.39 is 21.7 Å². The fourth-order valence-corrected chi connectivity index (χ4v) is 5.83. The molecule has 0 aliphatic heterocycles. The van der Waals surface area contributed by atoms with Crippen LogP contribution in [-0.4, -0.2) is 20.9 Å². The molecule has 0 saturated carbocycles. The van der Waals surface area contributed by atoms with Crippen molar-refractivity contribution in [2.24, 2.45) is 0 Å². The zero-order valence-corrected chi connectivity index (χ0v) is 20.0. The average molecular weight is 481 g/mol. The summed E-state index contributed by atoms with van der Waals surface area (Å²) in [6, 6.07) is 19.2. The Balaban J connectivity index is 1.57. The molecule has 1 atom stereocenters. The van der Waals surface area contributed by atoms with E-state index in [4.69, 9.17) is 0 Å². The summed E-state index contributed by atoms with van der Waals surface area (Å²) in [5, 5.41) is 3.02. The van der Waals surface area contributed by atoms with Crippen LogP contribution in [0.4, 0.5) is 10.1 Å². The fraction of sp³-hybridized carbons (Fsp3) is 0.296. The van der Waals surface area contributed by atoms with Crippen LogP contribution >= 0.6 is 0 Å². The smallest absolute Gasteiger partial charge is 0.264 e. The summed E-state index contributed by atoms with van der Waals surface area (Å²) < 4.78 is 41.2. The first-order chi connectivity index (χ1) is 16.4. The molecule has 34 heavy (non-hydrogen) atoms. The molecule has 0 heterocycles. The molecule has 0 bridgehead atoms. The van der Waals surface area contributed by atoms with Crippen molar-refractivity contribution in [1.29, 1.82) is 0 Å². The van der Waals surface area contributed by atoms with Crippen molar-refractivity contribution in [2.75, 3.05) is 10.8 Å². The van der Waals surface area contributed by atoms with Gasteiger partial charge < -0.3 is 5.32 Å². The average Bonchev–Trinajstić information content (AvgIpc) is 2.86. The molecule has 4 rings (SSSR count). The van der Waals surface area contributed by atoms with Crippen LogP contribution in [0.3, 0.4) is 0 Å². The molecule has 3 aromatic rings. The molecule has 7 heteroatoms. The summed E-state index contributed by atoms with van der Waals surface area (Å²) in [5.41, 5.74) is 4.10. The van der Waals surface area contributed by atoms with Crippen LogP contribution in [0.25, 0.3) is 0 Å². The molecule has 1 aliphatic rings. The maximum atomic E-state index is 13.4. The van der Waals surface area contributed by atoms with Crippen LogP contribution in [0.5, 0.6) is 0 Å². The number of para-hydroxylation sites is 1. The zero-order valence-electron chi connectivity index (χ0n) is 19.2. The summed E-state index contributed by atoms with van der Waals surface area (Å²) in [7, 11) is -4.08. The van der Waals surface area contributed by atoms with Gasteiger partial charge in [-0.3, -0.25) is 9.10 Å².